The third kappa shape index (κ3) is 6.08. The minimum Gasteiger partial charge on any atom is -0.332 e. The first-order valence-electron chi connectivity index (χ1n) is 16.4. The van der Waals surface area contributed by atoms with E-state index in [-0.39, 0.29) is 24.5 Å². The molecular weight excluding hydrogens is 632 g/mol. The lowest BCUT2D eigenvalue weighted by Gasteiger charge is -2.39. The van der Waals surface area contributed by atoms with Gasteiger partial charge in [0.15, 0.2) is 0 Å². The number of carbonyl (C=O) groups is 2. The minimum absolute atomic E-state index is 0.0915. The summed E-state index contributed by atoms with van der Waals surface area (Å²) in [7, 11) is 0. The molecule has 0 atom stereocenters. The van der Waals surface area contributed by atoms with E-state index in [0.717, 1.165) is 43.8 Å². The van der Waals surface area contributed by atoms with Crippen LogP contribution in [0.5, 0.6) is 0 Å². The Kier molecular flexibility index (Phi) is 8.97. The second-order valence-electron chi connectivity index (χ2n) is 12.0. The molecule has 8 heteroatoms. The Bertz CT molecular complexity index is 2150. The fraction of sp³-hybridized carbons (Fsp3) is 0.146. The summed E-state index contributed by atoms with van der Waals surface area (Å²) >= 11 is 6.52. The Morgan fingerprint density at radius 2 is 1.31 bits per heavy atom. The van der Waals surface area contributed by atoms with Crippen LogP contribution in [0.2, 0.25) is 5.02 Å². The number of carbonyl (C=O) groups excluding carboxylic acids is 2. The van der Waals surface area contributed by atoms with E-state index in [1.807, 2.05) is 47.5 Å². The Labute approximate surface area is 290 Å². The lowest BCUT2D eigenvalue weighted by molar-refractivity contribution is -0.279. The van der Waals surface area contributed by atoms with Crippen LogP contribution < -0.4 is 5.01 Å². The number of fused-ring (bicyclic) bond motifs is 7. The Morgan fingerprint density at radius 3 is 1.88 bits per heavy atom. The summed E-state index contributed by atoms with van der Waals surface area (Å²) in [6, 6.07) is 39.5. The van der Waals surface area contributed by atoms with E-state index in [0.29, 0.717) is 34.9 Å². The van der Waals surface area contributed by atoms with Crippen molar-refractivity contribution < 1.29 is 14.4 Å². The van der Waals surface area contributed by atoms with E-state index in [4.69, 9.17) is 16.4 Å². The van der Waals surface area contributed by atoms with E-state index >= 15 is 0 Å². The summed E-state index contributed by atoms with van der Waals surface area (Å²) in [4.78, 5) is 33.5. The fourth-order valence-corrected chi connectivity index (χ4v) is 6.74. The molecule has 1 heterocycles. The highest BCUT2D eigenvalue weighted by molar-refractivity contribution is 6.31. The number of nitrogens with one attached hydrogen (secondary N) is 1. The Hall–Kier alpha value is -5.34. The van der Waals surface area contributed by atoms with Gasteiger partial charge in [-0.1, -0.05) is 129 Å². The average Bonchev–Trinajstić information content (AvgIpc) is 3.32. The molecule has 0 bridgehead atoms. The smallest absolute Gasteiger partial charge is 0.329 e. The van der Waals surface area contributed by atoms with E-state index in [1.165, 1.54) is 10.3 Å². The van der Waals surface area contributed by atoms with Gasteiger partial charge in [0.1, 0.15) is 0 Å². The number of rotatable bonds is 8. The molecule has 0 unspecified atom stereocenters. The highest BCUT2D eigenvalue weighted by Gasteiger charge is 2.36. The topological polar surface area (TPSA) is 76.9 Å². The van der Waals surface area contributed by atoms with Crippen LogP contribution >= 0.6 is 11.6 Å². The van der Waals surface area contributed by atoms with Gasteiger partial charge in [-0.25, -0.2) is 0 Å². The van der Waals surface area contributed by atoms with Gasteiger partial charge in [0.25, 0.3) is 0 Å². The number of amides is 1. The van der Waals surface area contributed by atoms with Crippen LogP contribution in [-0.4, -0.2) is 27.9 Å². The van der Waals surface area contributed by atoms with Crippen molar-refractivity contribution in [2.24, 2.45) is 0 Å². The van der Waals surface area contributed by atoms with Crippen molar-refractivity contribution in [2.45, 2.75) is 39.8 Å². The predicted molar refractivity (Wildman–Crippen MR) is 196 cm³/mol. The summed E-state index contributed by atoms with van der Waals surface area (Å²) in [6.07, 6.45) is 0.200. The molecule has 0 saturated heterocycles. The van der Waals surface area contributed by atoms with Crippen molar-refractivity contribution in [3.8, 4) is 11.1 Å². The highest BCUT2D eigenvalue weighted by atomic mass is 35.5. The second-order valence-corrected chi connectivity index (χ2v) is 12.4. The molecule has 1 aliphatic rings. The Morgan fingerprint density at radius 1 is 0.735 bits per heavy atom. The van der Waals surface area contributed by atoms with Crippen molar-refractivity contribution in [2.75, 3.05) is 5.01 Å². The van der Waals surface area contributed by atoms with E-state index in [2.05, 4.69) is 60.7 Å². The third-order valence-corrected chi connectivity index (χ3v) is 9.16. The SMILES string of the molecule is CCC(=O)ON(N1Cc2ccc3ccccc3c2-c2c(ccc3ccccc23)C1)N(C(=O)CC)c1ccc(Cl)cc1C(=N)c1ccccc1. The van der Waals surface area contributed by atoms with Crippen molar-refractivity contribution >= 4 is 56.4 Å². The van der Waals surface area contributed by atoms with Gasteiger partial charge in [-0.2, -0.15) is 10.0 Å². The molecule has 0 saturated carbocycles. The van der Waals surface area contributed by atoms with Gasteiger partial charge in [-0.15, -0.1) is 0 Å². The van der Waals surface area contributed by atoms with Crippen LogP contribution in [0.25, 0.3) is 32.7 Å². The summed E-state index contributed by atoms with van der Waals surface area (Å²) < 4.78 is 0. The van der Waals surface area contributed by atoms with Gasteiger partial charge in [0.2, 0.25) is 5.91 Å². The molecular formula is C41H35ClN4O3. The van der Waals surface area contributed by atoms with Crippen LogP contribution in [0.15, 0.2) is 121 Å². The van der Waals surface area contributed by atoms with Crippen molar-refractivity contribution in [1.82, 2.24) is 10.3 Å². The van der Waals surface area contributed by atoms with Gasteiger partial charge in [0.05, 0.1) is 11.4 Å². The molecule has 7 rings (SSSR count). The zero-order chi connectivity index (χ0) is 34.1. The summed E-state index contributed by atoms with van der Waals surface area (Å²) in [5.74, 6) is -0.834. The van der Waals surface area contributed by atoms with Crippen LogP contribution in [0.4, 0.5) is 5.69 Å². The van der Waals surface area contributed by atoms with Gasteiger partial charge >= 0.3 is 5.97 Å². The Balaban J connectivity index is 1.45. The zero-order valence-electron chi connectivity index (χ0n) is 27.3. The maximum atomic E-state index is 14.2. The zero-order valence-corrected chi connectivity index (χ0v) is 28.1. The van der Waals surface area contributed by atoms with Gasteiger partial charge in [0, 0.05) is 47.4 Å². The number of hydrogen-bond donors (Lipinski definition) is 1. The molecule has 0 radical (unpaired) electrons. The van der Waals surface area contributed by atoms with Crippen LogP contribution in [0.1, 0.15) is 48.9 Å². The van der Waals surface area contributed by atoms with Crippen LogP contribution in [0, 0.1) is 5.41 Å². The first-order valence-corrected chi connectivity index (χ1v) is 16.8. The molecule has 244 valence electrons. The van der Waals surface area contributed by atoms with Gasteiger partial charge < -0.3 is 4.84 Å². The lowest BCUT2D eigenvalue weighted by Crippen LogP contribution is -2.56. The normalized spacial score (nSPS) is 12.7. The van der Waals surface area contributed by atoms with E-state index in [9.17, 15) is 15.0 Å². The fourth-order valence-electron chi connectivity index (χ4n) is 6.56. The monoisotopic (exact) mass is 666 g/mol. The van der Waals surface area contributed by atoms with Crippen LogP contribution in [-0.2, 0) is 27.5 Å². The number of benzene rings is 6. The number of halogens is 1. The molecule has 0 aromatic heterocycles. The number of anilines is 1. The highest BCUT2D eigenvalue weighted by Crippen LogP contribution is 2.43. The van der Waals surface area contributed by atoms with Gasteiger partial charge in [-0.05, 0) is 62.0 Å². The summed E-state index contributed by atoms with van der Waals surface area (Å²) in [6.45, 7) is 4.13. The molecule has 0 aliphatic carbocycles. The molecule has 1 N–H and O–H groups in total. The van der Waals surface area contributed by atoms with Crippen molar-refractivity contribution in [3.05, 3.63) is 149 Å². The predicted octanol–water partition coefficient (Wildman–Crippen LogP) is 9.49. The number of hydrogen-bond acceptors (Lipinski definition) is 6. The quantitative estimate of drug-likeness (QED) is 0.129. The second kappa shape index (κ2) is 13.6. The first kappa shape index (κ1) is 32.2. The summed E-state index contributed by atoms with van der Waals surface area (Å²) in [5.41, 5.74) is 5.89. The lowest BCUT2D eigenvalue weighted by atomic mass is 9.88. The first-order chi connectivity index (χ1) is 23.9. The van der Waals surface area contributed by atoms with Gasteiger partial charge in [-0.3, -0.25) is 15.0 Å². The maximum Gasteiger partial charge on any atom is 0.329 e. The largest absolute Gasteiger partial charge is 0.332 e. The van der Waals surface area contributed by atoms with Crippen molar-refractivity contribution in [3.63, 3.8) is 0 Å². The van der Waals surface area contributed by atoms with Crippen LogP contribution in [0.3, 0.4) is 0 Å². The average molecular weight is 667 g/mol. The minimum atomic E-state index is -0.510. The summed E-state index contributed by atoms with van der Waals surface area (Å²) in [5, 5.41) is 18.7. The molecule has 7 nitrogen and oxygen atoms in total. The van der Waals surface area contributed by atoms with Crippen molar-refractivity contribution in [1.29, 1.82) is 5.41 Å². The molecule has 0 spiro atoms. The molecule has 1 aliphatic heterocycles. The maximum absolute atomic E-state index is 14.2. The van der Waals surface area contributed by atoms with E-state index < -0.39 is 5.97 Å². The molecule has 49 heavy (non-hydrogen) atoms. The molecule has 6 aromatic carbocycles. The molecule has 1 amide bonds. The molecule has 0 fully saturated rings. The number of nitrogens with zero attached hydrogens (tertiary/aromatic N) is 3. The number of hydrazine groups is 2. The van der Waals surface area contributed by atoms with E-state index in [1.54, 1.807) is 32.0 Å². The third-order valence-electron chi connectivity index (χ3n) is 8.93. The standard InChI is InChI=1S/C41H35ClN4O3/c1-3-37(47)45(36-23-22-32(42)24-35(36)41(43)29-14-6-5-7-15-29)46(49-38(48)4-2)44-25-30-20-18-27-12-8-10-16-33(27)39(30)40-31(26-44)21-19-28-13-9-11-17-34(28)40/h5-24,43H,3-4,25-26H2,1-2H3. The molecule has 6 aromatic rings.